The molecule has 0 unspecified atom stereocenters. The van der Waals surface area contributed by atoms with Gasteiger partial charge in [-0.2, -0.15) is 0 Å². The first kappa shape index (κ1) is 19.9. The number of ether oxygens (including phenoxy) is 1. The van der Waals surface area contributed by atoms with Gasteiger partial charge < -0.3 is 19.9 Å². The first-order valence-corrected chi connectivity index (χ1v) is 9.70. The first-order valence-electron chi connectivity index (χ1n) is 9.70. The third-order valence-corrected chi connectivity index (χ3v) is 5.23. The van der Waals surface area contributed by atoms with Crippen LogP contribution in [0.4, 0.5) is 5.69 Å². The number of anilines is 1. The normalized spacial score (nSPS) is 15.7. The predicted octanol–water partition coefficient (Wildman–Crippen LogP) is 1.34. The Morgan fingerprint density at radius 1 is 1.07 bits per heavy atom. The molecule has 1 saturated heterocycles. The molecule has 2 aromatic carbocycles. The van der Waals surface area contributed by atoms with Crippen LogP contribution < -0.4 is 15.0 Å². The van der Waals surface area contributed by atoms with Crippen LogP contribution in [0, 0.1) is 0 Å². The number of hydrogen-bond donors (Lipinski definition) is 2. The van der Waals surface area contributed by atoms with Crippen molar-refractivity contribution < 1.29 is 19.2 Å². The summed E-state index contributed by atoms with van der Waals surface area (Å²) in [5.41, 5.74) is 1.87. The highest BCUT2D eigenvalue weighted by atomic mass is 16.5. The molecular formula is C22H28N3O3+. The van der Waals surface area contributed by atoms with Crippen LogP contribution in [-0.4, -0.2) is 48.9 Å². The van der Waals surface area contributed by atoms with Crippen LogP contribution in [-0.2, 0) is 16.2 Å². The van der Waals surface area contributed by atoms with Crippen LogP contribution in [0.5, 0.6) is 5.75 Å². The van der Waals surface area contributed by atoms with Crippen molar-refractivity contribution in [3.05, 3.63) is 60.2 Å². The summed E-state index contributed by atoms with van der Waals surface area (Å²) in [6.07, 6.45) is 0. The van der Waals surface area contributed by atoms with Crippen molar-refractivity contribution in [1.82, 2.24) is 4.90 Å². The van der Waals surface area contributed by atoms with Gasteiger partial charge in [0.25, 0.3) is 5.91 Å². The van der Waals surface area contributed by atoms with E-state index >= 15 is 0 Å². The minimum absolute atomic E-state index is 0.00997. The van der Waals surface area contributed by atoms with Crippen molar-refractivity contribution in [3.8, 4) is 5.75 Å². The number of nitrogens with zero attached hydrogens (tertiary/aromatic N) is 1. The largest absolute Gasteiger partial charge is 0.489 e. The molecule has 1 aliphatic rings. The van der Waals surface area contributed by atoms with Gasteiger partial charge in [0.05, 0.1) is 26.2 Å². The summed E-state index contributed by atoms with van der Waals surface area (Å²) in [6.45, 7) is 7.03. The molecule has 2 aromatic rings. The lowest BCUT2D eigenvalue weighted by Gasteiger charge is -2.34. The Morgan fingerprint density at radius 2 is 1.71 bits per heavy atom. The molecule has 1 fully saturated rings. The zero-order valence-corrected chi connectivity index (χ0v) is 16.5. The van der Waals surface area contributed by atoms with Gasteiger partial charge in [0.1, 0.15) is 12.4 Å². The maximum Gasteiger partial charge on any atom is 0.282 e. The molecule has 3 rings (SSSR count). The molecule has 6 heteroatoms. The standard InChI is InChI=1S/C22H27N3O3/c1-17(24-12-14-25(15-13-24)18(2)26)22(27)23-20-8-10-21(11-9-20)28-16-19-6-4-3-5-7-19/h3-11,17H,12-16H2,1-2H3,(H,23,27)/p+1/t17-/m0/s1. The lowest BCUT2D eigenvalue weighted by atomic mass is 10.2. The third kappa shape index (κ3) is 5.33. The van der Waals surface area contributed by atoms with E-state index in [1.54, 1.807) is 6.92 Å². The molecule has 148 valence electrons. The van der Waals surface area contributed by atoms with E-state index < -0.39 is 0 Å². The minimum atomic E-state index is -0.164. The number of carbonyl (C=O) groups is 2. The van der Waals surface area contributed by atoms with Gasteiger partial charge in [-0.3, -0.25) is 9.59 Å². The number of nitrogens with one attached hydrogen (secondary N) is 2. The monoisotopic (exact) mass is 382 g/mol. The zero-order chi connectivity index (χ0) is 19.9. The van der Waals surface area contributed by atoms with Crippen molar-refractivity contribution in [1.29, 1.82) is 0 Å². The number of rotatable bonds is 6. The van der Waals surface area contributed by atoms with Crippen LogP contribution >= 0.6 is 0 Å². The molecule has 1 aliphatic heterocycles. The molecule has 28 heavy (non-hydrogen) atoms. The van der Waals surface area contributed by atoms with Crippen molar-refractivity contribution in [2.24, 2.45) is 0 Å². The first-order chi connectivity index (χ1) is 13.5. The molecule has 0 aromatic heterocycles. The van der Waals surface area contributed by atoms with E-state index in [4.69, 9.17) is 4.74 Å². The van der Waals surface area contributed by atoms with E-state index in [0.29, 0.717) is 19.7 Å². The van der Waals surface area contributed by atoms with Gasteiger partial charge in [-0.15, -0.1) is 0 Å². The van der Waals surface area contributed by atoms with E-state index in [1.165, 1.54) is 4.90 Å². The highest BCUT2D eigenvalue weighted by Gasteiger charge is 2.29. The second-order valence-electron chi connectivity index (χ2n) is 7.17. The third-order valence-electron chi connectivity index (χ3n) is 5.23. The van der Waals surface area contributed by atoms with Gasteiger partial charge in [-0.25, -0.2) is 0 Å². The summed E-state index contributed by atoms with van der Waals surface area (Å²) in [7, 11) is 0. The lowest BCUT2D eigenvalue weighted by Crippen LogP contribution is -3.19. The number of hydrogen-bond acceptors (Lipinski definition) is 3. The Hall–Kier alpha value is -2.86. The maximum absolute atomic E-state index is 12.6. The molecule has 2 amide bonds. The van der Waals surface area contributed by atoms with E-state index in [1.807, 2.05) is 66.4 Å². The molecular weight excluding hydrogens is 354 g/mol. The Balaban J connectivity index is 1.48. The van der Waals surface area contributed by atoms with Gasteiger partial charge in [-0.1, -0.05) is 30.3 Å². The van der Waals surface area contributed by atoms with E-state index in [2.05, 4.69) is 5.32 Å². The van der Waals surface area contributed by atoms with Crippen LogP contribution in [0.15, 0.2) is 54.6 Å². The van der Waals surface area contributed by atoms with Gasteiger partial charge in [0.15, 0.2) is 6.04 Å². The second-order valence-corrected chi connectivity index (χ2v) is 7.17. The molecule has 1 atom stereocenters. The Morgan fingerprint density at radius 3 is 2.32 bits per heavy atom. The Bertz CT molecular complexity index is 784. The van der Waals surface area contributed by atoms with Crippen molar-refractivity contribution in [2.45, 2.75) is 26.5 Å². The molecule has 0 bridgehead atoms. The number of quaternary nitrogens is 1. The van der Waals surface area contributed by atoms with Gasteiger partial charge in [0, 0.05) is 12.6 Å². The Labute approximate surface area is 166 Å². The van der Waals surface area contributed by atoms with Crippen molar-refractivity contribution in [2.75, 3.05) is 31.5 Å². The quantitative estimate of drug-likeness (QED) is 0.793. The SMILES string of the molecule is CC(=O)N1CC[NH+]([C@@H](C)C(=O)Nc2ccc(OCc3ccccc3)cc2)CC1. The lowest BCUT2D eigenvalue weighted by molar-refractivity contribution is -0.917. The summed E-state index contributed by atoms with van der Waals surface area (Å²) < 4.78 is 5.78. The highest BCUT2D eigenvalue weighted by molar-refractivity contribution is 5.93. The molecule has 6 nitrogen and oxygen atoms in total. The minimum Gasteiger partial charge on any atom is -0.489 e. The van der Waals surface area contributed by atoms with Crippen LogP contribution in [0.1, 0.15) is 19.4 Å². The summed E-state index contributed by atoms with van der Waals surface area (Å²) in [4.78, 5) is 27.1. The fourth-order valence-electron chi connectivity index (χ4n) is 3.35. The number of piperazine rings is 1. The summed E-state index contributed by atoms with van der Waals surface area (Å²) >= 11 is 0. The highest BCUT2D eigenvalue weighted by Crippen LogP contribution is 2.17. The summed E-state index contributed by atoms with van der Waals surface area (Å²) in [5.74, 6) is 0.857. The number of carbonyl (C=O) groups excluding carboxylic acids is 2. The van der Waals surface area contributed by atoms with Gasteiger partial charge in [-0.05, 0) is 36.8 Å². The molecule has 1 heterocycles. The van der Waals surface area contributed by atoms with Crippen LogP contribution in [0.2, 0.25) is 0 Å². The summed E-state index contributed by atoms with van der Waals surface area (Å²) in [6, 6.07) is 17.3. The molecule has 2 N–H and O–H groups in total. The zero-order valence-electron chi connectivity index (χ0n) is 16.5. The molecule has 0 saturated carbocycles. The second kappa shape index (κ2) is 9.37. The molecule has 0 aliphatic carbocycles. The fraction of sp³-hybridized carbons (Fsp3) is 0.364. The van der Waals surface area contributed by atoms with Crippen molar-refractivity contribution in [3.63, 3.8) is 0 Å². The average molecular weight is 382 g/mol. The smallest absolute Gasteiger partial charge is 0.282 e. The maximum atomic E-state index is 12.6. The van der Waals surface area contributed by atoms with E-state index in [0.717, 1.165) is 30.1 Å². The number of amides is 2. The fourth-order valence-corrected chi connectivity index (χ4v) is 3.35. The number of benzene rings is 2. The van der Waals surface area contributed by atoms with Crippen LogP contribution in [0.25, 0.3) is 0 Å². The molecule has 0 radical (unpaired) electrons. The van der Waals surface area contributed by atoms with E-state index in [-0.39, 0.29) is 17.9 Å². The molecule has 0 spiro atoms. The van der Waals surface area contributed by atoms with Gasteiger partial charge >= 0.3 is 0 Å². The Kier molecular flexibility index (Phi) is 6.66. The average Bonchev–Trinajstić information content (AvgIpc) is 2.73. The van der Waals surface area contributed by atoms with Gasteiger partial charge in [0.2, 0.25) is 5.91 Å². The predicted molar refractivity (Wildman–Crippen MR) is 108 cm³/mol. The van der Waals surface area contributed by atoms with E-state index in [9.17, 15) is 9.59 Å². The summed E-state index contributed by atoms with van der Waals surface area (Å²) in [5, 5.41) is 2.98. The van der Waals surface area contributed by atoms with Crippen LogP contribution in [0.3, 0.4) is 0 Å². The topological polar surface area (TPSA) is 63.1 Å². The van der Waals surface area contributed by atoms with Crippen molar-refractivity contribution >= 4 is 17.5 Å².